The maximum Gasteiger partial charge on any atom is 0.224 e. The summed E-state index contributed by atoms with van der Waals surface area (Å²) >= 11 is 0. The van der Waals surface area contributed by atoms with Gasteiger partial charge in [-0.25, -0.2) is 0 Å². The molecule has 0 heterocycles. The highest BCUT2D eigenvalue weighted by Crippen LogP contribution is 2.16. The summed E-state index contributed by atoms with van der Waals surface area (Å²) in [7, 11) is 0. The van der Waals surface area contributed by atoms with E-state index in [-0.39, 0.29) is 11.8 Å². The van der Waals surface area contributed by atoms with Crippen LogP contribution in [-0.2, 0) is 16.0 Å². The monoisotopic (exact) mass is 324 g/mol. The van der Waals surface area contributed by atoms with Crippen LogP contribution in [0.5, 0.6) is 0 Å². The van der Waals surface area contributed by atoms with E-state index in [4.69, 9.17) is 0 Å². The maximum atomic E-state index is 12.0. The van der Waals surface area contributed by atoms with Gasteiger partial charge in [-0.3, -0.25) is 9.59 Å². The quantitative estimate of drug-likeness (QED) is 0.757. The maximum absolute atomic E-state index is 12.0. The van der Waals surface area contributed by atoms with Crippen LogP contribution >= 0.6 is 0 Å². The molecule has 0 bridgehead atoms. The van der Waals surface area contributed by atoms with Gasteiger partial charge in [0.25, 0.3) is 0 Å². The molecular weight excluding hydrogens is 300 g/mol. The van der Waals surface area contributed by atoms with Crippen LogP contribution in [0.3, 0.4) is 0 Å². The van der Waals surface area contributed by atoms with E-state index in [0.29, 0.717) is 24.2 Å². The smallest absolute Gasteiger partial charge is 0.224 e. The van der Waals surface area contributed by atoms with Gasteiger partial charge in [0, 0.05) is 24.2 Å². The number of nitrogens with one attached hydrogen (secondary N) is 2. The molecule has 0 aliphatic rings. The van der Waals surface area contributed by atoms with Crippen LogP contribution in [0.1, 0.15) is 38.2 Å². The number of amides is 2. The second-order valence-electron chi connectivity index (χ2n) is 5.77. The Morgan fingerprint density at radius 3 is 2.08 bits per heavy atom. The lowest BCUT2D eigenvalue weighted by Crippen LogP contribution is -2.13. The van der Waals surface area contributed by atoms with Crippen LogP contribution in [0.15, 0.2) is 54.6 Å². The van der Waals surface area contributed by atoms with E-state index >= 15 is 0 Å². The van der Waals surface area contributed by atoms with Crippen molar-refractivity contribution in [3.63, 3.8) is 0 Å². The van der Waals surface area contributed by atoms with Gasteiger partial charge in [0.15, 0.2) is 0 Å². The van der Waals surface area contributed by atoms with E-state index in [1.54, 1.807) is 6.07 Å². The normalized spacial score (nSPS) is 10.2. The fourth-order valence-corrected chi connectivity index (χ4v) is 2.45. The van der Waals surface area contributed by atoms with Gasteiger partial charge in [-0.1, -0.05) is 43.3 Å². The summed E-state index contributed by atoms with van der Waals surface area (Å²) in [5, 5.41) is 5.71. The molecule has 2 rings (SSSR count). The minimum atomic E-state index is -0.0111. The van der Waals surface area contributed by atoms with E-state index in [1.165, 1.54) is 5.56 Å². The largest absolute Gasteiger partial charge is 0.326 e. The Balaban J connectivity index is 1.79. The molecule has 0 saturated carbocycles. The minimum absolute atomic E-state index is 0.0103. The zero-order chi connectivity index (χ0) is 17.2. The highest BCUT2D eigenvalue weighted by atomic mass is 16.2. The molecule has 2 amide bonds. The van der Waals surface area contributed by atoms with Gasteiger partial charge in [-0.15, -0.1) is 0 Å². The predicted molar refractivity (Wildman–Crippen MR) is 98.0 cm³/mol. The lowest BCUT2D eigenvalue weighted by Gasteiger charge is -2.09. The van der Waals surface area contributed by atoms with Crippen molar-refractivity contribution >= 4 is 23.2 Å². The molecule has 0 spiro atoms. The first-order valence-electron chi connectivity index (χ1n) is 8.41. The SMILES string of the molecule is CCCC(=O)Nc1cccc(NC(=O)CCCc2ccccc2)c1. The highest BCUT2D eigenvalue weighted by Gasteiger charge is 2.05. The van der Waals surface area contributed by atoms with Crippen molar-refractivity contribution < 1.29 is 9.59 Å². The third kappa shape index (κ3) is 6.24. The van der Waals surface area contributed by atoms with Crippen molar-refractivity contribution in [1.29, 1.82) is 0 Å². The number of anilines is 2. The zero-order valence-corrected chi connectivity index (χ0v) is 14.0. The Morgan fingerprint density at radius 2 is 1.46 bits per heavy atom. The van der Waals surface area contributed by atoms with Crippen LogP contribution in [-0.4, -0.2) is 11.8 Å². The Bertz CT molecular complexity index is 668. The van der Waals surface area contributed by atoms with E-state index in [1.807, 2.05) is 43.3 Å². The highest BCUT2D eigenvalue weighted by molar-refractivity contribution is 5.94. The summed E-state index contributed by atoms with van der Waals surface area (Å²) in [4.78, 5) is 23.7. The van der Waals surface area contributed by atoms with Gasteiger partial charge in [-0.2, -0.15) is 0 Å². The molecule has 0 unspecified atom stereocenters. The summed E-state index contributed by atoms with van der Waals surface area (Å²) in [6.45, 7) is 1.96. The van der Waals surface area contributed by atoms with Crippen molar-refractivity contribution in [1.82, 2.24) is 0 Å². The van der Waals surface area contributed by atoms with Gasteiger partial charge in [0.05, 0.1) is 0 Å². The van der Waals surface area contributed by atoms with Crippen LogP contribution < -0.4 is 10.6 Å². The third-order valence-corrected chi connectivity index (χ3v) is 3.62. The second-order valence-corrected chi connectivity index (χ2v) is 5.77. The van der Waals surface area contributed by atoms with Crippen LogP contribution in [0, 0.1) is 0 Å². The molecule has 4 nitrogen and oxygen atoms in total. The van der Waals surface area contributed by atoms with E-state index < -0.39 is 0 Å². The summed E-state index contributed by atoms with van der Waals surface area (Å²) < 4.78 is 0. The van der Waals surface area contributed by atoms with Crippen molar-refractivity contribution in [2.24, 2.45) is 0 Å². The first-order chi connectivity index (χ1) is 11.7. The molecule has 2 N–H and O–H groups in total. The molecule has 126 valence electrons. The summed E-state index contributed by atoms with van der Waals surface area (Å²) in [6.07, 6.45) is 3.48. The molecule has 4 heteroatoms. The van der Waals surface area contributed by atoms with Crippen LogP contribution in [0.25, 0.3) is 0 Å². The fraction of sp³-hybridized carbons (Fsp3) is 0.300. The molecule has 0 aliphatic carbocycles. The minimum Gasteiger partial charge on any atom is -0.326 e. The Kier molecular flexibility index (Phi) is 7.02. The van der Waals surface area contributed by atoms with Gasteiger partial charge in [0.1, 0.15) is 0 Å². The number of aryl methyl sites for hydroxylation is 1. The topological polar surface area (TPSA) is 58.2 Å². The molecule has 2 aromatic rings. The van der Waals surface area contributed by atoms with Crippen molar-refractivity contribution in [2.75, 3.05) is 10.6 Å². The first kappa shape index (κ1) is 17.7. The Labute approximate surface area is 143 Å². The van der Waals surface area contributed by atoms with E-state index in [2.05, 4.69) is 22.8 Å². The van der Waals surface area contributed by atoms with Crippen molar-refractivity contribution in [2.45, 2.75) is 39.0 Å². The van der Waals surface area contributed by atoms with Crippen LogP contribution in [0.4, 0.5) is 11.4 Å². The summed E-state index contributed by atoms with van der Waals surface area (Å²) in [5.74, 6) is -0.0215. The van der Waals surface area contributed by atoms with Crippen LogP contribution in [0.2, 0.25) is 0 Å². The van der Waals surface area contributed by atoms with Crippen molar-refractivity contribution in [3.8, 4) is 0 Å². The van der Waals surface area contributed by atoms with Gasteiger partial charge in [-0.05, 0) is 43.0 Å². The molecular formula is C20H24N2O2. The fourth-order valence-electron chi connectivity index (χ4n) is 2.45. The summed E-state index contributed by atoms with van der Waals surface area (Å²) in [6, 6.07) is 17.4. The van der Waals surface area contributed by atoms with Gasteiger partial charge >= 0.3 is 0 Å². The summed E-state index contributed by atoms with van der Waals surface area (Å²) in [5.41, 5.74) is 2.65. The lowest BCUT2D eigenvalue weighted by atomic mass is 10.1. The average molecular weight is 324 g/mol. The van der Waals surface area contributed by atoms with E-state index in [9.17, 15) is 9.59 Å². The number of carbonyl (C=O) groups is 2. The molecule has 0 aliphatic heterocycles. The number of benzene rings is 2. The van der Waals surface area contributed by atoms with E-state index in [0.717, 1.165) is 19.3 Å². The molecule has 0 aromatic heterocycles. The molecule has 0 saturated heterocycles. The third-order valence-electron chi connectivity index (χ3n) is 3.62. The molecule has 0 radical (unpaired) electrons. The standard InChI is InChI=1S/C20H24N2O2/c1-2-8-19(23)21-17-12-7-13-18(15-17)22-20(24)14-6-11-16-9-4-3-5-10-16/h3-5,7,9-10,12-13,15H,2,6,8,11,14H2,1H3,(H,21,23)(H,22,24). The molecule has 2 aromatic carbocycles. The Hall–Kier alpha value is -2.62. The Morgan fingerprint density at radius 1 is 0.833 bits per heavy atom. The molecule has 0 fully saturated rings. The zero-order valence-electron chi connectivity index (χ0n) is 14.0. The molecule has 0 atom stereocenters. The van der Waals surface area contributed by atoms with Gasteiger partial charge in [0.2, 0.25) is 11.8 Å². The first-order valence-corrected chi connectivity index (χ1v) is 8.41. The number of rotatable bonds is 8. The lowest BCUT2D eigenvalue weighted by molar-refractivity contribution is -0.117. The number of carbonyl (C=O) groups excluding carboxylic acids is 2. The second kappa shape index (κ2) is 9.50. The predicted octanol–water partition coefficient (Wildman–Crippen LogP) is 4.39. The molecule has 24 heavy (non-hydrogen) atoms. The van der Waals surface area contributed by atoms with Gasteiger partial charge < -0.3 is 10.6 Å². The van der Waals surface area contributed by atoms with Crippen molar-refractivity contribution in [3.05, 3.63) is 60.2 Å². The number of hydrogen-bond acceptors (Lipinski definition) is 2. The number of hydrogen-bond donors (Lipinski definition) is 2. The average Bonchev–Trinajstić information content (AvgIpc) is 2.56.